The van der Waals surface area contributed by atoms with Crippen LogP contribution < -0.4 is 0 Å². The number of rotatable bonds is 2. The van der Waals surface area contributed by atoms with Crippen LogP contribution in [0.25, 0.3) is 17.0 Å². The van der Waals surface area contributed by atoms with Crippen LogP contribution in [0.15, 0.2) is 47.8 Å². The van der Waals surface area contributed by atoms with Crippen molar-refractivity contribution in [3.05, 3.63) is 42.9 Å². The van der Waals surface area contributed by atoms with Gasteiger partial charge in [-0.05, 0) is 30.0 Å². The largest absolute Gasteiger partial charge is 0.265 e. The Bertz CT molecular complexity index is 645. The van der Waals surface area contributed by atoms with E-state index in [0.717, 1.165) is 11.3 Å². The average molecular weight is 242 g/mol. The van der Waals surface area contributed by atoms with E-state index in [2.05, 4.69) is 45.7 Å². The molecule has 0 amide bonds. The van der Waals surface area contributed by atoms with Crippen molar-refractivity contribution >= 4 is 17.5 Å². The Labute approximate surface area is 103 Å². The Kier molecular flexibility index (Phi) is 2.53. The summed E-state index contributed by atoms with van der Waals surface area (Å²) in [5, 5.41) is 7.80. The van der Waals surface area contributed by atoms with E-state index >= 15 is 0 Å². The highest BCUT2D eigenvalue weighted by atomic mass is 32.2. The highest BCUT2D eigenvalue weighted by molar-refractivity contribution is 7.98. The Balaban J connectivity index is 2.16. The first-order chi connectivity index (χ1) is 8.38. The van der Waals surface area contributed by atoms with Gasteiger partial charge in [-0.2, -0.15) is 0 Å². The van der Waals surface area contributed by atoms with Crippen molar-refractivity contribution in [3.63, 3.8) is 0 Å². The molecule has 1 aromatic carbocycles. The summed E-state index contributed by atoms with van der Waals surface area (Å²) in [5.74, 6) is 0.622. The maximum absolute atomic E-state index is 4.15. The van der Waals surface area contributed by atoms with E-state index in [0.29, 0.717) is 5.78 Å². The van der Waals surface area contributed by atoms with Crippen LogP contribution >= 0.6 is 11.8 Å². The van der Waals surface area contributed by atoms with Crippen molar-refractivity contribution in [2.75, 3.05) is 6.26 Å². The number of benzene rings is 1. The predicted molar refractivity (Wildman–Crippen MR) is 68.0 cm³/mol. The average Bonchev–Trinajstić information content (AvgIpc) is 2.87. The van der Waals surface area contributed by atoms with E-state index < -0.39 is 0 Å². The number of hydrogen-bond donors (Lipinski definition) is 0. The standard InChI is InChI=1S/C12H10N4S/c1-17-10-4-2-9(3-5-10)11-6-7-13-12-15-14-8-16(11)12/h2-8H,1H3. The van der Waals surface area contributed by atoms with Gasteiger partial charge in [0.1, 0.15) is 6.33 Å². The molecule has 0 radical (unpaired) electrons. The summed E-state index contributed by atoms with van der Waals surface area (Å²) in [7, 11) is 0. The Morgan fingerprint density at radius 2 is 1.94 bits per heavy atom. The molecule has 5 heteroatoms. The second-order valence-corrected chi connectivity index (χ2v) is 4.44. The maximum Gasteiger partial charge on any atom is 0.255 e. The fraction of sp³-hybridized carbons (Fsp3) is 0.0833. The van der Waals surface area contributed by atoms with Crippen molar-refractivity contribution in [1.82, 2.24) is 19.6 Å². The molecule has 0 fully saturated rings. The van der Waals surface area contributed by atoms with Crippen LogP contribution in [0.4, 0.5) is 0 Å². The second kappa shape index (κ2) is 4.18. The maximum atomic E-state index is 4.15. The van der Waals surface area contributed by atoms with E-state index in [1.807, 2.05) is 10.5 Å². The third kappa shape index (κ3) is 1.78. The van der Waals surface area contributed by atoms with E-state index in [4.69, 9.17) is 0 Å². The number of nitrogens with zero attached hydrogens (tertiary/aromatic N) is 4. The van der Waals surface area contributed by atoms with Crippen LogP contribution in [0, 0.1) is 0 Å². The van der Waals surface area contributed by atoms with E-state index in [-0.39, 0.29) is 0 Å². The normalized spacial score (nSPS) is 10.9. The van der Waals surface area contributed by atoms with E-state index in [9.17, 15) is 0 Å². The Morgan fingerprint density at radius 3 is 2.71 bits per heavy atom. The van der Waals surface area contributed by atoms with Crippen LogP contribution in [0.5, 0.6) is 0 Å². The zero-order valence-electron chi connectivity index (χ0n) is 9.24. The molecule has 4 nitrogen and oxygen atoms in total. The summed E-state index contributed by atoms with van der Waals surface area (Å²) in [6.45, 7) is 0. The molecule has 0 saturated carbocycles. The van der Waals surface area contributed by atoms with Gasteiger partial charge in [0, 0.05) is 11.1 Å². The van der Waals surface area contributed by atoms with Crippen LogP contribution in [-0.2, 0) is 0 Å². The lowest BCUT2D eigenvalue weighted by molar-refractivity contribution is 1.10. The fourth-order valence-corrected chi connectivity index (χ4v) is 2.15. The van der Waals surface area contributed by atoms with Gasteiger partial charge >= 0.3 is 0 Å². The van der Waals surface area contributed by atoms with Crippen LogP contribution in [0.1, 0.15) is 0 Å². The van der Waals surface area contributed by atoms with Crippen LogP contribution in [0.3, 0.4) is 0 Å². The van der Waals surface area contributed by atoms with Gasteiger partial charge in [0.15, 0.2) is 0 Å². The monoisotopic (exact) mass is 242 g/mol. The van der Waals surface area contributed by atoms with Gasteiger partial charge in [-0.15, -0.1) is 22.0 Å². The Hall–Kier alpha value is -1.88. The molecule has 2 aromatic heterocycles. The highest BCUT2D eigenvalue weighted by Crippen LogP contribution is 2.22. The molecule has 0 bridgehead atoms. The number of fused-ring (bicyclic) bond motifs is 1. The zero-order valence-corrected chi connectivity index (χ0v) is 10.1. The lowest BCUT2D eigenvalue weighted by Crippen LogP contribution is -1.92. The summed E-state index contributed by atoms with van der Waals surface area (Å²) < 4.78 is 1.88. The summed E-state index contributed by atoms with van der Waals surface area (Å²) in [4.78, 5) is 5.40. The first-order valence-electron chi connectivity index (χ1n) is 5.17. The van der Waals surface area contributed by atoms with Gasteiger partial charge in [0.25, 0.3) is 5.78 Å². The molecular weight excluding hydrogens is 232 g/mol. The molecule has 3 rings (SSSR count). The molecule has 0 aliphatic rings. The topological polar surface area (TPSA) is 43.1 Å². The third-order valence-electron chi connectivity index (χ3n) is 2.60. The third-order valence-corrected chi connectivity index (χ3v) is 3.34. The summed E-state index contributed by atoms with van der Waals surface area (Å²) >= 11 is 1.73. The van der Waals surface area contributed by atoms with Gasteiger partial charge < -0.3 is 0 Å². The molecule has 2 heterocycles. The van der Waals surface area contributed by atoms with Crippen molar-refractivity contribution < 1.29 is 0 Å². The molecule has 0 spiro atoms. The van der Waals surface area contributed by atoms with Crippen molar-refractivity contribution in [1.29, 1.82) is 0 Å². The molecule has 17 heavy (non-hydrogen) atoms. The minimum Gasteiger partial charge on any atom is -0.265 e. The molecule has 0 aliphatic heterocycles. The molecule has 0 aliphatic carbocycles. The van der Waals surface area contributed by atoms with Gasteiger partial charge in [0.05, 0.1) is 5.69 Å². The highest BCUT2D eigenvalue weighted by Gasteiger charge is 2.04. The molecule has 3 aromatic rings. The minimum atomic E-state index is 0.622. The predicted octanol–water partition coefficient (Wildman–Crippen LogP) is 2.51. The first-order valence-corrected chi connectivity index (χ1v) is 6.40. The molecule has 0 atom stereocenters. The fourth-order valence-electron chi connectivity index (χ4n) is 1.74. The second-order valence-electron chi connectivity index (χ2n) is 3.56. The smallest absolute Gasteiger partial charge is 0.255 e. The van der Waals surface area contributed by atoms with Crippen molar-refractivity contribution in [2.24, 2.45) is 0 Å². The Morgan fingerprint density at radius 1 is 1.12 bits per heavy atom. The summed E-state index contributed by atoms with van der Waals surface area (Å²) in [6, 6.07) is 10.4. The lowest BCUT2D eigenvalue weighted by Gasteiger charge is -2.04. The van der Waals surface area contributed by atoms with Gasteiger partial charge in [-0.25, -0.2) is 4.98 Å². The van der Waals surface area contributed by atoms with Crippen LogP contribution in [0.2, 0.25) is 0 Å². The van der Waals surface area contributed by atoms with Crippen molar-refractivity contribution in [2.45, 2.75) is 4.90 Å². The van der Waals surface area contributed by atoms with E-state index in [1.54, 1.807) is 24.3 Å². The quantitative estimate of drug-likeness (QED) is 0.648. The molecule has 84 valence electrons. The zero-order chi connectivity index (χ0) is 11.7. The van der Waals surface area contributed by atoms with Gasteiger partial charge in [-0.1, -0.05) is 12.1 Å². The minimum absolute atomic E-state index is 0.622. The lowest BCUT2D eigenvalue weighted by atomic mass is 10.1. The number of thioether (sulfide) groups is 1. The van der Waals surface area contributed by atoms with Gasteiger partial charge in [-0.3, -0.25) is 4.40 Å². The first kappa shape index (κ1) is 10.3. The number of hydrogen-bond acceptors (Lipinski definition) is 4. The molecule has 0 saturated heterocycles. The molecule has 0 N–H and O–H groups in total. The summed E-state index contributed by atoms with van der Waals surface area (Å²) in [5.41, 5.74) is 2.18. The SMILES string of the molecule is CSc1ccc(-c2ccnc3nncn23)cc1. The molecular formula is C12H10N4S. The van der Waals surface area contributed by atoms with Gasteiger partial charge in [0.2, 0.25) is 0 Å². The summed E-state index contributed by atoms with van der Waals surface area (Å²) in [6.07, 6.45) is 5.50. The number of aromatic nitrogens is 4. The van der Waals surface area contributed by atoms with E-state index in [1.165, 1.54) is 4.90 Å². The van der Waals surface area contributed by atoms with Crippen molar-refractivity contribution in [3.8, 4) is 11.3 Å². The van der Waals surface area contributed by atoms with Crippen LogP contribution in [-0.4, -0.2) is 25.8 Å². The molecule has 0 unspecified atom stereocenters.